The number of aliphatic hydroxyl groups is 1. The molecule has 2 aliphatic rings. The quantitative estimate of drug-likeness (QED) is 0.839. The molecule has 0 amide bonds. The SMILES string of the molecule is COc1cccnc1NC[C@H]1C[C@H](c2nc(C3CC3)no2)C[C@H]1O. The minimum atomic E-state index is -0.381. The minimum Gasteiger partial charge on any atom is -0.493 e. The molecular weight excluding hydrogens is 308 g/mol. The second-order valence-corrected chi connectivity index (χ2v) is 6.70. The normalized spacial score (nSPS) is 26.5. The Hall–Kier alpha value is -2.15. The molecule has 4 rings (SSSR count). The Bertz CT molecular complexity index is 701. The molecule has 2 fully saturated rings. The number of ether oxygens (including phenoxy) is 1. The maximum atomic E-state index is 10.4. The van der Waals surface area contributed by atoms with Gasteiger partial charge in [-0.1, -0.05) is 5.16 Å². The predicted molar refractivity (Wildman–Crippen MR) is 87.0 cm³/mol. The minimum absolute atomic E-state index is 0.123. The van der Waals surface area contributed by atoms with Gasteiger partial charge in [-0.2, -0.15) is 4.98 Å². The van der Waals surface area contributed by atoms with Crippen LogP contribution in [0.3, 0.4) is 0 Å². The van der Waals surface area contributed by atoms with Crippen molar-refractivity contribution in [3.05, 3.63) is 30.0 Å². The van der Waals surface area contributed by atoms with Crippen LogP contribution in [0.2, 0.25) is 0 Å². The first kappa shape index (κ1) is 15.4. The lowest BCUT2D eigenvalue weighted by Crippen LogP contribution is -2.22. The number of anilines is 1. The summed E-state index contributed by atoms with van der Waals surface area (Å²) in [6, 6.07) is 3.69. The van der Waals surface area contributed by atoms with Gasteiger partial charge in [0.05, 0.1) is 13.2 Å². The summed E-state index contributed by atoms with van der Waals surface area (Å²) < 4.78 is 10.7. The van der Waals surface area contributed by atoms with Gasteiger partial charge in [0.2, 0.25) is 5.89 Å². The fourth-order valence-corrected chi connectivity index (χ4v) is 3.36. The summed E-state index contributed by atoms with van der Waals surface area (Å²) in [5.74, 6) is 3.66. The van der Waals surface area contributed by atoms with Crippen LogP contribution in [0.25, 0.3) is 0 Å². The average Bonchev–Trinajstić information content (AvgIpc) is 3.22. The standard InChI is InChI=1S/C17H22N4O3/c1-23-14-3-2-6-18-16(14)19-9-12-7-11(8-13(12)22)17-20-15(21-24-17)10-4-5-10/h2-3,6,10-13,22H,4-5,7-9H2,1H3,(H,18,19)/t11-,12+,13+/m0/s1. The Morgan fingerprint density at radius 3 is 3.00 bits per heavy atom. The summed E-state index contributed by atoms with van der Waals surface area (Å²) in [5, 5.41) is 17.7. The number of hydrogen-bond acceptors (Lipinski definition) is 7. The van der Waals surface area contributed by atoms with Gasteiger partial charge in [-0.3, -0.25) is 0 Å². The summed E-state index contributed by atoms with van der Waals surface area (Å²) in [4.78, 5) is 8.81. The van der Waals surface area contributed by atoms with Crippen molar-refractivity contribution in [2.45, 2.75) is 43.6 Å². The van der Waals surface area contributed by atoms with Crippen LogP contribution in [0.15, 0.2) is 22.9 Å². The van der Waals surface area contributed by atoms with E-state index in [-0.39, 0.29) is 17.9 Å². The van der Waals surface area contributed by atoms with E-state index in [0.717, 1.165) is 25.1 Å². The smallest absolute Gasteiger partial charge is 0.229 e. The van der Waals surface area contributed by atoms with Crippen LogP contribution < -0.4 is 10.1 Å². The fourth-order valence-electron chi connectivity index (χ4n) is 3.36. The molecule has 2 heterocycles. The van der Waals surface area contributed by atoms with Gasteiger partial charge in [0.1, 0.15) is 0 Å². The third kappa shape index (κ3) is 3.08. The molecule has 2 saturated carbocycles. The zero-order valence-corrected chi connectivity index (χ0v) is 13.7. The van der Waals surface area contributed by atoms with Gasteiger partial charge in [-0.05, 0) is 37.8 Å². The number of nitrogens with zero attached hydrogens (tertiary/aromatic N) is 3. The highest BCUT2D eigenvalue weighted by molar-refractivity contribution is 5.49. The van der Waals surface area contributed by atoms with E-state index < -0.39 is 0 Å². The first-order valence-electron chi connectivity index (χ1n) is 8.49. The van der Waals surface area contributed by atoms with E-state index in [4.69, 9.17) is 9.26 Å². The molecule has 7 nitrogen and oxygen atoms in total. The van der Waals surface area contributed by atoms with Gasteiger partial charge in [0, 0.05) is 30.5 Å². The summed E-state index contributed by atoms with van der Waals surface area (Å²) in [7, 11) is 1.62. The Labute approximate surface area is 140 Å². The van der Waals surface area contributed by atoms with Crippen molar-refractivity contribution >= 4 is 5.82 Å². The molecule has 24 heavy (non-hydrogen) atoms. The topological polar surface area (TPSA) is 93.3 Å². The van der Waals surface area contributed by atoms with E-state index in [0.29, 0.717) is 36.3 Å². The number of methoxy groups -OCH3 is 1. The van der Waals surface area contributed by atoms with Crippen molar-refractivity contribution < 1.29 is 14.4 Å². The zero-order chi connectivity index (χ0) is 16.5. The van der Waals surface area contributed by atoms with Gasteiger partial charge >= 0.3 is 0 Å². The Balaban J connectivity index is 1.37. The maximum Gasteiger partial charge on any atom is 0.229 e. The largest absolute Gasteiger partial charge is 0.493 e. The molecule has 0 saturated heterocycles. The van der Waals surface area contributed by atoms with Crippen molar-refractivity contribution in [2.75, 3.05) is 19.0 Å². The molecule has 7 heteroatoms. The van der Waals surface area contributed by atoms with Crippen molar-refractivity contribution in [1.82, 2.24) is 15.1 Å². The van der Waals surface area contributed by atoms with Crippen LogP contribution in [0.1, 0.15) is 49.2 Å². The van der Waals surface area contributed by atoms with Gasteiger partial charge in [0.15, 0.2) is 17.4 Å². The summed E-state index contributed by atoms with van der Waals surface area (Å²) in [5.41, 5.74) is 0. The number of aromatic nitrogens is 3. The monoisotopic (exact) mass is 330 g/mol. The highest BCUT2D eigenvalue weighted by Crippen LogP contribution is 2.41. The third-order valence-corrected chi connectivity index (χ3v) is 4.93. The molecule has 3 atom stereocenters. The highest BCUT2D eigenvalue weighted by atomic mass is 16.5. The lowest BCUT2D eigenvalue weighted by Gasteiger charge is -2.16. The van der Waals surface area contributed by atoms with Crippen molar-refractivity contribution in [1.29, 1.82) is 0 Å². The molecule has 128 valence electrons. The van der Waals surface area contributed by atoms with Crippen molar-refractivity contribution in [3.8, 4) is 5.75 Å². The fraction of sp³-hybridized carbons (Fsp3) is 0.588. The van der Waals surface area contributed by atoms with Gasteiger partial charge in [-0.25, -0.2) is 4.98 Å². The van der Waals surface area contributed by atoms with Gasteiger partial charge in [0.25, 0.3) is 0 Å². The molecule has 2 aromatic heterocycles. The van der Waals surface area contributed by atoms with Crippen LogP contribution >= 0.6 is 0 Å². The number of rotatable bonds is 6. The van der Waals surface area contributed by atoms with E-state index in [1.54, 1.807) is 13.3 Å². The third-order valence-electron chi connectivity index (χ3n) is 4.93. The Morgan fingerprint density at radius 1 is 1.33 bits per heavy atom. The molecule has 2 aromatic rings. The lowest BCUT2D eigenvalue weighted by molar-refractivity contribution is 0.137. The first-order chi connectivity index (χ1) is 11.7. The van der Waals surface area contributed by atoms with Crippen molar-refractivity contribution in [2.24, 2.45) is 5.92 Å². The van der Waals surface area contributed by atoms with Gasteiger partial charge < -0.3 is 19.7 Å². The van der Waals surface area contributed by atoms with E-state index in [9.17, 15) is 5.11 Å². The van der Waals surface area contributed by atoms with Crippen LogP contribution in [0.5, 0.6) is 5.75 Å². The Kier molecular flexibility index (Phi) is 4.10. The zero-order valence-electron chi connectivity index (χ0n) is 13.7. The van der Waals surface area contributed by atoms with E-state index in [2.05, 4.69) is 20.4 Å². The number of hydrogen-bond donors (Lipinski definition) is 2. The molecule has 0 unspecified atom stereocenters. The van der Waals surface area contributed by atoms with Crippen LogP contribution in [-0.4, -0.2) is 40.0 Å². The van der Waals surface area contributed by atoms with Crippen LogP contribution in [-0.2, 0) is 0 Å². The summed E-state index contributed by atoms with van der Waals surface area (Å²) >= 11 is 0. The number of aliphatic hydroxyl groups excluding tert-OH is 1. The molecule has 0 aromatic carbocycles. The first-order valence-corrected chi connectivity index (χ1v) is 8.49. The molecule has 0 bridgehead atoms. The second-order valence-electron chi connectivity index (χ2n) is 6.70. The van der Waals surface area contributed by atoms with Crippen molar-refractivity contribution in [3.63, 3.8) is 0 Å². The van der Waals surface area contributed by atoms with E-state index in [1.807, 2.05) is 12.1 Å². The number of pyridine rings is 1. The summed E-state index contributed by atoms with van der Waals surface area (Å²) in [6.45, 7) is 0.634. The molecule has 0 spiro atoms. The lowest BCUT2D eigenvalue weighted by atomic mass is 10.0. The van der Waals surface area contributed by atoms with E-state index in [1.165, 1.54) is 0 Å². The van der Waals surface area contributed by atoms with Crippen LogP contribution in [0, 0.1) is 5.92 Å². The number of nitrogens with one attached hydrogen (secondary N) is 1. The molecule has 0 radical (unpaired) electrons. The average molecular weight is 330 g/mol. The summed E-state index contributed by atoms with van der Waals surface area (Å²) in [6.07, 6.45) is 5.15. The molecule has 2 N–H and O–H groups in total. The second kappa shape index (κ2) is 6.39. The molecular formula is C17H22N4O3. The molecule has 0 aliphatic heterocycles. The van der Waals surface area contributed by atoms with E-state index >= 15 is 0 Å². The van der Waals surface area contributed by atoms with Gasteiger partial charge in [-0.15, -0.1) is 0 Å². The molecule has 2 aliphatic carbocycles. The highest BCUT2D eigenvalue weighted by Gasteiger charge is 2.38. The Morgan fingerprint density at radius 2 is 2.21 bits per heavy atom. The predicted octanol–water partition coefficient (Wildman–Crippen LogP) is 2.32. The van der Waals surface area contributed by atoms with Crippen LogP contribution in [0.4, 0.5) is 5.82 Å². The maximum absolute atomic E-state index is 10.4.